The van der Waals surface area contributed by atoms with Gasteiger partial charge in [0.15, 0.2) is 0 Å². The molecule has 0 saturated heterocycles. The normalized spacial score (nSPS) is 13.0. The van der Waals surface area contributed by atoms with Crippen molar-refractivity contribution in [2.75, 3.05) is 12.9 Å². The van der Waals surface area contributed by atoms with Crippen molar-refractivity contribution in [1.82, 2.24) is 9.55 Å². The third-order valence-electron chi connectivity index (χ3n) is 2.79. The van der Waals surface area contributed by atoms with E-state index in [1.165, 1.54) is 6.07 Å². The molecular weight excluding hydrogens is 328 g/mol. The molecule has 122 valence electrons. The van der Waals surface area contributed by atoms with Crippen molar-refractivity contribution in [2.45, 2.75) is 19.1 Å². The lowest BCUT2D eigenvalue weighted by Crippen LogP contribution is -2.16. The lowest BCUT2D eigenvalue weighted by Gasteiger charge is -2.11. The molecule has 1 aromatic carbocycles. The zero-order valence-electron chi connectivity index (χ0n) is 11.4. The monoisotopic (exact) mass is 340 g/mol. The number of fused-ring (bicyclic) bond motifs is 1. The molecule has 22 heavy (non-hydrogen) atoms. The Morgan fingerprint density at radius 1 is 1.32 bits per heavy atom. The first-order valence-electron chi connectivity index (χ1n) is 6.15. The highest BCUT2D eigenvalue weighted by Gasteiger charge is 2.37. The van der Waals surface area contributed by atoms with E-state index in [4.69, 9.17) is 0 Å². The topological polar surface area (TPSA) is 61.2 Å². The van der Waals surface area contributed by atoms with Crippen LogP contribution >= 0.6 is 0 Å². The molecule has 10 heteroatoms. The van der Waals surface area contributed by atoms with Gasteiger partial charge in [0.1, 0.15) is 5.82 Å². The predicted molar refractivity (Wildman–Crippen MR) is 70.1 cm³/mol. The van der Waals surface area contributed by atoms with E-state index in [1.807, 2.05) is 0 Å². The zero-order chi connectivity index (χ0) is 16.5. The maximum atomic E-state index is 13.1. The van der Waals surface area contributed by atoms with E-state index in [2.05, 4.69) is 9.17 Å². The molecule has 0 spiro atoms. The number of hydrogen-bond donors (Lipinski definition) is 0. The molecule has 0 atom stereocenters. The molecule has 0 bridgehead atoms. The van der Waals surface area contributed by atoms with Crippen molar-refractivity contribution in [3.8, 4) is 0 Å². The Labute approximate surface area is 123 Å². The first-order chi connectivity index (χ1) is 10.1. The van der Waals surface area contributed by atoms with Gasteiger partial charge in [-0.15, -0.1) is 0 Å². The van der Waals surface area contributed by atoms with Crippen LogP contribution in [0, 0.1) is 5.82 Å². The highest BCUT2D eigenvalue weighted by molar-refractivity contribution is 7.85. The second-order valence-electron chi connectivity index (χ2n) is 4.60. The summed E-state index contributed by atoms with van der Waals surface area (Å²) in [5.41, 5.74) is 0.00411. The van der Waals surface area contributed by atoms with Crippen molar-refractivity contribution in [2.24, 2.45) is 0 Å². The number of hydrogen-bond acceptors (Lipinski definition) is 4. The molecule has 1 heterocycles. The average molecular weight is 340 g/mol. The number of imidazole rings is 1. The highest BCUT2D eigenvalue weighted by atomic mass is 32.2. The minimum absolute atomic E-state index is 0.0268. The number of aryl methyl sites for hydroxylation is 1. The molecule has 5 nitrogen and oxygen atoms in total. The van der Waals surface area contributed by atoms with Crippen LogP contribution in [0.25, 0.3) is 11.0 Å². The average Bonchev–Trinajstić information content (AvgIpc) is 2.71. The van der Waals surface area contributed by atoms with Gasteiger partial charge < -0.3 is 4.57 Å². The Morgan fingerprint density at radius 2 is 2.00 bits per heavy atom. The van der Waals surface area contributed by atoms with E-state index < -0.39 is 27.9 Å². The van der Waals surface area contributed by atoms with Crippen molar-refractivity contribution < 1.29 is 30.2 Å². The van der Waals surface area contributed by atoms with E-state index in [0.717, 1.165) is 23.0 Å². The van der Waals surface area contributed by atoms with Crippen LogP contribution in [0.4, 0.5) is 17.6 Å². The fourth-order valence-electron chi connectivity index (χ4n) is 1.98. The van der Waals surface area contributed by atoms with Crippen molar-refractivity contribution in [3.63, 3.8) is 0 Å². The molecule has 0 fully saturated rings. The third kappa shape index (κ3) is 3.95. The molecule has 1 aromatic heterocycles. The number of rotatable bonds is 5. The summed E-state index contributed by atoms with van der Waals surface area (Å²) >= 11 is 0. The largest absolute Gasteiger partial charge is 0.449 e. The quantitative estimate of drug-likeness (QED) is 0.477. The van der Waals surface area contributed by atoms with Crippen LogP contribution in [0.15, 0.2) is 18.2 Å². The first kappa shape index (κ1) is 16.7. The number of nitrogens with zero attached hydrogens (tertiary/aromatic N) is 2. The van der Waals surface area contributed by atoms with Gasteiger partial charge in [-0.25, -0.2) is 9.37 Å². The summed E-state index contributed by atoms with van der Waals surface area (Å²) < 4.78 is 79.0. The Kier molecular flexibility index (Phi) is 4.43. The van der Waals surface area contributed by atoms with Crippen LogP contribution in [0.1, 0.15) is 12.2 Å². The fourth-order valence-corrected chi connectivity index (χ4v) is 2.40. The minimum Gasteiger partial charge on any atom is -0.320 e. The predicted octanol–water partition coefficient (Wildman–Crippen LogP) is 2.56. The van der Waals surface area contributed by atoms with E-state index in [1.54, 1.807) is 0 Å². The van der Waals surface area contributed by atoms with Crippen molar-refractivity contribution >= 4 is 21.2 Å². The molecule has 2 rings (SSSR count). The van der Waals surface area contributed by atoms with Crippen molar-refractivity contribution in [3.05, 3.63) is 29.8 Å². The van der Waals surface area contributed by atoms with Crippen LogP contribution in [0.3, 0.4) is 0 Å². The van der Waals surface area contributed by atoms with E-state index in [-0.39, 0.29) is 30.6 Å². The van der Waals surface area contributed by atoms with Gasteiger partial charge in [-0.1, -0.05) is 0 Å². The van der Waals surface area contributed by atoms with Gasteiger partial charge in [0, 0.05) is 12.6 Å². The third-order valence-corrected chi connectivity index (χ3v) is 3.38. The SMILES string of the molecule is CS(=O)(=O)OCCCn1c(C(F)(F)F)nc2cc(F)ccc21. The molecule has 0 aliphatic carbocycles. The van der Waals surface area contributed by atoms with Gasteiger partial charge in [0.2, 0.25) is 5.82 Å². The molecule has 0 radical (unpaired) electrons. The molecule has 0 saturated carbocycles. The zero-order valence-corrected chi connectivity index (χ0v) is 12.2. The van der Waals surface area contributed by atoms with E-state index >= 15 is 0 Å². The molecule has 0 unspecified atom stereocenters. The summed E-state index contributed by atoms with van der Waals surface area (Å²) in [7, 11) is -3.65. The molecule has 2 aromatic rings. The van der Waals surface area contributed by atoms with Crippen LogP contribution in [0.2, 0.25) is 0 Å². The summed E-state index contributed by atoms with van der Waals surface area (Å²) in [6, 6.07) is 3.14. The summed E-state index contributed by atoms with van der Waals surface area (Å²) in [6.45, 7) is -0.413. The van der Waals surface area contributed by atoms with Gasteiger partial charge in [-0.3, -0.25) is 4.18 Å². The number of alkyl halides is 3. The maximum absolute atomic E-state index is 13.1. The number of benzene rings is 1. The molecule has 0 aliphatic rings. The van der Waals surface area contributed by atoms with Crippen LogP contribution < -0.4 is 0 Å². The van der Waals surface area contributed by atoms with Gasteiger partial charge in [-0.2, -0.15) is 21.6 Å². The number of aromatic nitrogens is 2. The Morgan fingerprint density at radius 3 is 2.59 bits per heavy atom. The van der Waals surface area contributed by atoms with Gasteiger partial charge in [0.25, 0.3) is 10.1 Å². The minimum atomic E-state index is -4.70. The van der Waals surface area contributed by atoms with Gasteiger partial charge >= 0.3 is 6.18 Å². The summed E-state index contributed by atoms with van der Waals surface area (Å²) in [4.78, 5) is 3.41. The Hall–Kier alpha value is -1.68. The van der Waals surface area contributed by atoms with Crippen LogP contribution in [-0.4, -0.2) is 30.8 Å². The Bertz CT molecular complexity index is 784. The summed E-state index contributed by atoms with van der Waals surface area (Å²) in [5, 5.41) is 0. The fraction of sp³-hybridized carbons (Fsp3) is 0.417. The molecular formula is C12H12F4N2O3S. The standard InChI is InChI=1S/C12H12F4N2O3S/c1-22(19,20)21-6-2-5-18-10-4-3-8(13)7-9(10)17-11(18)12(14,15)16/h3-4,7H,2,5-6H2,1H3. The smallest absolute Gasteiger partial charge is 0.320 e. The lowest BCUT2D eigenvalue weighted by atomic mass is 10.3. The van der Waals surface area contributed by atoms with E-state index in [9.17, 15) is 26.0 Å². The summed E-state index contributed by atoms with van der Waals surface area (Å²) in [5.74, 6) is -1.85. The summed E-state index contributed by atoms with van der Waals surface area (Å²) in [6.07, 6.45) is -3.82. The van der Waals surface area contributed by atoms with Crippen LogP contribution in [0.5, 0.6) is 0 Å². The van der Waals surface area contributed by atoms with Gasteiger partial charge in [-0.05, 0) is 18.6 Å². The lowest BCUT2D eigenvalue weighted by molar-refractivity contribution is -0.147. The van der Waals surface area contributed by atoms with Crippen molar-refractivity contribution in [1.29, 1.82) is 0 Å². The molecule has 0 N–H and O–H groups in total. The van der Waals surface area contributed by atoms with E-state index in [0.29, 0.717) is 0 Å². The van der Waals surface area contributed by atoms with Gasteiger partial charge in [0.05, 0.1) is 23.9 Å². The maximum Gasteiger partial charge on any atom is 0.449 e. The Balaban J connectivity index is 2.30. The first-order valence-corrected chi connectivity index (χ1v) is 7.97. The second-order valence-corrected chi connectivity index (χ2v) is 6.24. The second kappa shape index (κ2) is 5.84. The van der Waals surface area contributed by atoms with Crippen LogP contribution in [-0.2, 0) is 27.0 Å². The number of halogens is 4. The highest BCUT2D eigenvalue weighted by Crippen LogP contribution is 2.31. The molecule has 0 aliphatic heterocycles. The molecule has 0 amide bonds.